The number of allylic oxidation sites excluding steroid dienone is 2. The summed E-state index contributed by atoms with van der Waals surface area (Å²) in [5, 5.41) is 9.36. The highest BCUT2D eigenvalue weighted by Gasteiger charge is 2.13. The first-order valence-corrected chi connectivity index (χ1v) is 10.6. The Hall–Kier alpha value is -4.52. The zero-order valence-corrected chi connectivity index (χ0v) is 19.4. The van der Waals surface area contributed by atoms with Crippen molar-refractivity contribution in [1.29, 1.82) is 5.26 Å². The van der Waals surface area contributed by atoms with Gasteiger partial charge in [-0.15, -0.1) is 0 Å². The van der Waals surface area contributed by atoms with Crippen LogP contribution in [0, 0.1) is 35.8 Å². The average molecular weight is 479 g/mol. The number of rotatable bonds is 8. The molecule has 0 spiro atoms. The van der Waals surface area contributed by atoms with Crippen LogP contribution in [0.3, 0.4) is 0 Å². The number of benzene rings is 2. The molecule has 0 unspecified atom stereocenters. The average Bonchev–Trinajstić information content (AvgIpc) is 2.82. The van der Waals surface area contributed by atoms with Crippen molar-refractivity contribution < 1.29 is 18.3 Å². The summed E-state index contributed by atoms with van der Waals surface area (Å²) >= 11 is 0. The van der Waals surface area contributed by atoms with E-state index in [2.05, 4.69) is 15.0 Å². The van der Waals surface area contributed by atoms with Crippen molar-refractivity contribution in [1.82, 2.24) is 9.97 Å². The van der Waals surface area contributed by atoms with E-state index in [1.54, 1.807) is 19.3 Å². The number of halogens is 2. The van der Waals surface area contributed by atoms with E-state index >= 15 is 0 Å². The molecule has 8 nitrogen and oxygen atoms in total. The first kappa shape index (κ1) is 25.1. The third kappa shape index (κ3) is 6.74. The molecule has 0 amide bonds. The number of nitrogens with two attached hydrogens (primary N) is 2. The Morgan fingerprint density at radius 2 is 1.74 bits per heavy atom. The van der Waals surface area contributed by atoms with Gasteiger partial charge in [-0.05, 0) is 25.0 Å². The van der Waals surface area contributed by atoms with Crippen LogP contribution in [0.1, 0.15) is 25.2 Å². The molecule has 4 N–H and O–H groups in total. The zero-order valence-electron chi connectivity index (χ0n) is 19.4. The molecule has 0 saturated carbocycles. The lowest BCUT2D eigenvalue weighted by Crippen LogP contribution is -2.20. The molecule has 35 heavy (non-hydrogen) atoms. The second kappa shape index (κ2) is 11.1. The molecule has 0 bridgehead atoms. The lowest BCUT2D eigenvalue weighted by Gasteiger charge is -2.11. The first-order chi connectivity index (χ1) is 16.7. The summed E-state index contributed by atoms with van der Waals surface area (Å²) in [7, 11) is 0. The molecular formula is C25H24F2N6O2. The van der Waals surface area contributed by atoms with Gasteiger partial charge in [0, 0.05) is 47.9 Å². The van der Waals surface area contributed by atoms with E-state index in [0.717, 1.165) is 12.1 Å². The van der Waals surface area contributed by atoms with Gasteiger partial charge in [-0.25, -0.2) is 23.7 Å². The molecule has 0 saturated heterocycles. The number of nitriles is 1. The maximum Gasteiger partial charge on any atom is 0.165 e. The monoisotopic (exact) mass is 478 g/mol. The van der Waals surface area contributed by atoms with Gasteiger partial charge >= 0.3 is 0 Å². The molecule has 10 heteroatoms. The predicted molar refractivity (Wildman–Crippen MR) is 127 cm³/mol. The summed E-state index contributed by atoms with van der Waals surface area (Å²) in [6.07, 6.45) is 3.23. The van der Waals surface area contributed by atoms with Gasteiger partial charge < -0.3 is 20.9 Å². The van der Waals surface area contributed by atoms with E-state index in [1.807, 2.05) is 19.9 Å². The fraction of sp³-hybridized carbons (Fsp3) is 0.200. The maximum absolute atomic E-state index is 14.7. The molecular weight excluding hydrogens is 454 g/mol. The SMILES string of the molecule is Cc1ncc(COc2cc(F)cc(Oc3ccc(N=C(C#N)/C(N)=C(\N)C(C)C)c(F)c3)c2)cn1. The van der Waals surface area contributed by atoms with Gasteiger partial charge in [-0.2, -0.15) is 5.26 Å². The lowest BCUT2D eigenvalue weighted by molar-refractivity contribution is 0.301. The highest BCUT2D eigenvalue weighted by Crippen LogP contribution is 2.30. The van der Waals surface area contributed by atoms with Crippen LogP contribution in [0.5, 0.6) is 17.2 Å². The van der Waals surface area contributed by atoms with Crippen molar-refractivity contribution in [3.05, 3.63) is 83.2 Å². The van der Waals surface area contributed by atoms with Gasteiger partial charge in [-0.3, -0.25) is 0 Å². The molecule has 3 aromatic rings. The summed E-state index contributed by atoms with van der Waals surface area (Å²) < 4.78 is 40.0. The maximum atomic E-state index is 14.7. The molecule has 0 radical (unpaired) electrons. The van der Waals surface area contributed by atoms with E-state index in [-0.39, 0.29) is 52.6 Å². The van der Waals surface area contributed by atoms with Crippen LogP contribution in [0.2, 0.25) is 0 Å². The fourth-order valence-corrected chi connectivity index (χ4v) is 2.83. The van der Waals surface area contributed by atoms with E-state index < -0.39 is 11.6 Å². The van der Waals surface area contributed by atoms with E-state index in [0.29, 0.717) is 11.4 Å². The molecule has 0 fully saturated rings. The summed E-state index contributed by atoms with van der Waals surface area (Å²) in [6, 6.07) is 9.45. The van der Waals surface area contributed by atoms with E-state index in [4.69, 9.17) is 20.9 Å². The van der Waals surface area contributed by atoms with Crippen molar-refractivity contribution in [3.63, 3.8) is 0 Å². The van der Waals surface area contributed by atoms with Crippen LogP contribution >= 0.6 is 0 Å². The summed E-state index contributed by atoms with van der Waals surface area (Å²) in [5.41, 5.74) is 12.4. The Balaban J connectivity index is 1.77. The van der Waals surface area contributed by atoms with Crippen LogP contribution in [0.15, 0.2) is 65.2 Å². The van der Waals surface area contributed by atoms with Gasteiger partial charge in [0.1, 0.15) is 47.3 Å². The van der Waals surface area contributed by atoms with Gasteiger partial charge in [0.2, 0.25) is 0 Å². The minimum Gasteiger partial charge on any atom is -0.489 e. The number of hydrogen-bond donors (Lipinski definition) is 2. The largest absolute Gasteiger partial charge is 0.489 e. The molecule has 1 aromatic heterocycles. The van der Waals surface area contributed by atoms with E-state index in [1.165, 1.54) is 24.3 Å². The number of ether oxygens (including phenoxy) is 2. The topological polar surface area (TPSA) is 132 Å². The van der Waals surface area contributed by atoms with Crippen molar-refractivity contribution in [3.8, 4) is 23.3 Å². The highest BCUT2D eigenvalue weighted by atomic mass is 19.1. The predicted octanol–water partition coefficient (Wildman–Crippen LogP) is 4.82. The van der Waals surface area contributed by atoms with E-state index in [9.17, 15) is 14.0 Å². The highest BCUT2D eigenvalue weighted by molar-refractivity contribution is 6.12. The second-order valence-electron chi connectivity index (χ2n) is 7.86. The number of hydrogen-bond acceptors (Lipinski definition) is 8. The molecule has 180 valence electrons. The van der Waals surface area contributed by atoms with Crippen LogP contribution in [-0.2, 0) is 6.61 Å². The minimum absolute atomic E-state index is 0.00767. The van der Waals surface area contributed by atoms with Crippen molar-refractivity contribution >= 4 is 11.4 Å². The van der Waals surface area contributed by atoms with Gasteiger partial charge in [0.05, 0.1) is 5.70 Å². The quantitative estimate of drug-likeness (QED) is 0.444. The third-order valence-electron chi connectivity index (χ3n) is 4.77. The number of aliphatic imine (C=N–C) groups is 1. The van der Waals surface area contributed by atoms with Crippen molar-refractivity contribution in [2.24, 2.45) is 22.4 Å². The first-order valence-electron chi connectivity index (χ1n) is 10.6. The van der Waals surface area contributed by atoms with Crippen LogP contribution in [0.4, 0.5) is 14.5 Å². The fourth-order valence-electron chi connectivity index (χ4n) is 2.83. The molecule has 0 aliphatic carbocycles. The van der Waals surface area contributed by atoms with Crippen LogP contribution < -0.4 is 20.9 Å². The lowest BCUT2D eigenvalue weighted by atomic mass is 10.1. The van der Waals surface area contributed by atoms with Gasteiger partial charge in [0.25, 0.3) is 0 Å². The van der Waals surface area contributed by atoms with Crippen LogP contribution in [0.25, 0.3) is 0 Å². The Labute approximate surface area is 201 Å². The van der Waals surface area contributed by atoms with Gasteiger partial charge in [-0.1, -0.05) is 13.8 Å². The Kier molecular flexibility index (Phi) is 7.94. The molecule has 1 heterocycles. The minimum atomic E-state index is -0.765. The molecule has 0 aliphatic heterocycles. The Bertz CT molecular complexity index is 1310. The Morgan fingerprint density at radius 1 is 1.06 bits per heavy atom. The summed E-state index contributed by atoms with van der Waals surface area (Å²) in [5.74, 6) is -0.437. The number of nitrogens with zero attached hydrogens (tertiary/aromatic N) is 4. The zero-order chi connectivity index (χ0) is 25.5. The smallest absolute Gasteiger partial charge is 0.165 e. The number of aromatic nitrogens is 2. The summed E-state index contributed by atoms with van der Waals surface area (Å²) in [4.78, 5) is 12.1. The summed E-state index contributed by atoms with van der Waals surface area (Å²) in [6.45, 7) is 5.51. The Morgan fingerprint density at radius 3 is 2.37 bits per heavy atom. The number of aryl methyl sites for hydroxylation is 1. The van der Waals surface area contributed by atoms with Crippen molar-refractivity contribution in [2.75, 3.05) is 0 Å². The molecule has 0 aliphatic rings. The van der Waals surface area contributed by atoms with Crippen LogP contribution in [-0.4, -0.2) is 15.7 Å². The standard InChI is InChI=1S/C25H24F2N6O2/c1-14(2)24(29)25(30)23(10-28)33-22-5-4-18(9-21(22)27)35-20-7-17(26)6-19(8-20)34-13-16-11-31-15(3)32-12-16/h4-9,11-12,14H,13,29-30H2,1-3H3/b25-24+,33-23?. The third-order valence-corrected chi connectivity index (χ3v) is 4.77. The molecule has 3 rings (SSSR count). The molecule has 2 aromatic carbocycles. The van der Waals surface area contributed by atoms with Crippen molar-refractivity contribution in [2.45, 2.75) is 27.4 Å². The van der Waals surface area contributed by atoms with Gasteiger partial charge in [0.15, 0.2) is 11.5 Å². The second-order valence-corrected chi connectivity index (χ2v) is 7.86. The normalized spacial score (nSPS) is 12.2. The molecule has 0 atom stereocenters.